The molecular formula is C33H63N3. The molecule has 0 aliphatic heterocycles. The summed E-state index contributed by atoms with van der Waals surface area (Å²) in [6.45, 7) is 20.8. The van der Waals surface area contributed by atoms with E-state index in [9.17, 15) is 0 Å². The zero-order valence-corrected chi connectivity index (χ0v) is 26.6. The number of nitrogens with one attached hydrogen (secondary N) is 1. The molecule has 1 N–H and O–H groups in total. The van der Waals surface area contributed by atoms with E-state index in [1.54, 1.807) is 14.1 Å². The number of azo groups is 1. The fourth-order valence-electron chi connectivity index (χ4n) is 1.52. The fourth-order valence-corrected chi connectivity index (χ4v) is 1.52. The molecule has 210 valence electrons. The van der Waals surface area contributed by atoms with Gasteiger partial charge in [0.15, 0.2) is 0 Å². The predicted octanol–water partition coefficient (Wildman–Crippen LogP) is 11.4. The molecule has 0 radical (unpaired) electrons. The molecule has 0 bridgehead atoms. The predicted molar refractivity (Wildman–Crippen MR) is 173 cm³/mol. The van der Waals surface area contributed by atoms with Crippen molar-refractivity contribution in [3.63, 3.8) is 0 Å². The molecule has 0 aliphatic rings. The fraction of sp³-hybridized carbons (Fsp3) is 0.515. The SMILES string of the molecule is CC.CC.CCC.CCC.CCC.CN=NC.CNC.c1ccc2ccccc2c1.c1ccccc1. The Morgan fingerprint density at radius 1 is 0.444 bits per heavy atom. The summed E-state index contributed by atoms with van der Waals surface area (Å²) in [6.07, 6.45) is 3.75. The van der Waals surface area contributed by atoms with Crippen molar-refractivity contribution >= 4 is 10.8 Å². The topological polar surface area (TPSA) is 36.8 Å². The van der Waals surface area contributed by atoms with E-state index < -0.39 is 0 Å². The van der Waals surface area contributed by atoms with Gasteiger partial charge in [0.2, 0.25) is 0 Å². The molecule has 0 fully saturated rings. The van der Waals surface area contributed by atoms with E-state index in [-0.39, 0.29) is 0 Å². The van der Waals surface area contributed by atoms with Crippen LogP contribution in [0.15, 0.2) is 95.2 Å². The van der Waals surface area contributed by atoms with Crippen LogP contribution in [0.25, 0.3) is 10.8 Å². The minimum absolute atomic E-state index is 1.25. The molecule has 0 spiro atoms. The molecule has 3 rings (SSSR count). The summed E-state index contributed by atoms with van der Waals surface area (Å²) in [6, 6.07) is 28.7. The van der Waals surface area contributed by atoms with Gasteiger partial charge in [0.25, 0.3) is 0 Å². The Balaban J connectivity index is -0.0000000764. The standard InChI is InChI=1S/C10H8.C6H6.3C3H8.C2H6N2.C2H7N.2C2H6/c1-2-6-10-8-4-3-7-9(10)5-1;1-2-4-6-5-3-1;3*1-3-2;1-3-4-2;1-3-2;2*1-2/h1-8H;1-6H;3*3H2,1-2H3;1-2H3;3H,1-2H3;2*1-2H3. The van der Waals surface area contributed by atoms with Gasteiger partial charge in [-0.1, -0.05) is 173 Å². The molecule has 3 nitrogen and oxygen atoms in total. The Labute approximate surface area is 227 Å². The summed E-state index contributed by atoms with van der Waals surface area (Å²) in [5, 5.41) is 12.1. The molecule has 0 heterocycles. The zero-order chi connectivity index (χ0) is 29.3. The number of benzene rings is 3. The number of fused-ring (bicyclic) bond motifs is 1. The minimum Gasteiger partial charge on any atom is -0.323 e. The number of rotatable bonds is 0. The maximum absolute atomic E-state index is 3.36. The highest BCUT2D eigenvalue weighted by molar-refractivity contribution is 5.81. The third kappa shape index (κ3) is 57.9. The lowest BCUT2D eigenvalue weighted by atomic mass is 10.1. The second kappa shape index (κ2) is 58.4. The molecule has 0 amide bonds. The van der Waals surface area contributed by atoms with Gasteiger partial charge >= 0.3 is 0 Å². The summed E-state index contributed by atoms with van der Waals surface area (Å²) in [5.41, 5.74) is 0. The van der Waals surface area contributed by atoms with Crippen molar-refractivity contribution in [2.24, 2.45) is 10.2 Å². The van der Waals surface area contributed by atoms with Crippen molar-refractivity contribution in [1.29, 1.82) is 0 Å². The Morgan fingerprint density at radius 3 is 0.694 bits per heavy atom. The van der Waals surface area contributed by atoms with Gasteiger partial charge in [-0.2, -0.15) is 10.2 Å². The third-order valence-corrected chi connectivity index (χ3v) is 2.53. The minimum atomic E-state index is 1.25. The van der Waals surface area contributed by atoms with E-state index >= 15 is 0 Å². The first-order chi connectivity index (χ1) is 17.5. The summed E-state index contributed by atoms with van der Waals surface area (Å²) >= 11 is 0. The van der Waals surface area contributed by atoms with Crippen molar-refractivity contribution in [3.8, 4) is 0 Å². The highest BCUT2D eigenvalue weighted by Gasteiger charge is 1.85. The lowest BCUT2D eigenvalue weighted by Crippen LogP contribution is -1.89. The van der Waals surface area contributed by atoms with Crippen molar-refractivity contribution < 1.29 is 0 Å². The Hall–Kier alpha value is -2.52. The van der Waals surface area contributed by atoms with Gasteiger partial charge < -0.3 is 5.32 Å². The van der Waals surface area contributed by atoms with Crippen LogP contribution in [0.4, 0.5) is 0 Å². The largest absolute Gasteiger partial charge is 0.323 e. The van der Waals surface area contributed by atoms with Gasteiger partial charge in [0.05, 0.1) is 0 Å². The Bertz CT molecular complexity index is 564. The van der Waals surface area contributed by atoms with E-state index in [4.69, 9.17) is 0 Å². The first-order valence-electron chi connectivity index (χ1n) is 13.7. The summed E-state index contributed by atoms with van der Waals surface area (Å²) in [5.74, 6) is 0. The van der Waals surface area contributed by atoms with Crippen LogP contribution in [-0.4, -0.2) is 28.2 Å². The van der Waals surface area contributed by atoms with Gasteiger partial charge in [0.1, 0.15) is 0 Å². The van der Waals surface area contributed by atoms with Gasteiger partial charge in [-0.3, -0.25) is 0 Å². The molecule has 3 heteroatoms. The second-order valence-electron chi connectivity index (χ2n) is 6.52. The van der Waals surface area contributed by atoms with Crippen LogP contribution in [0.1, 0.15) is 88.5 Å². The third-order valence-electron chi connectivity index (χ3n) is 2.53. The van der Waals surface area contributed by atoms with E-state index in [2.05, 4.69) is 106 Å². The number of hydrogen-bond acceptors (Lipinski definition) is 3. The zero-order valence-electron chi connectivity index (χ0n) is 26.6. The van der Waals surface area contributed by atoms with Crippen LogP contribution in [-0.2, 0) is 0 Å². The lowest BCUT2D eigenvalue weighted by molar-refractivity contribution is 1.02. The average molecular weight is 502 g/mol. The van der Waals surface area contributed by atoms with Gasteiger partial charge in [0, 0.05) is 14.1 Å². The van der Waals surface area contributed by atoms with Crippen molar-refractivity contribution in [2.75, 3.05) is 28.2 Å². The molecule has 0 unspecified atom stereocenters. The Morgan fingerprint density at radius 2 is 0.583 bits per heavy atom. The highest BCUT2D eigenvalue weighted by Crippen LogP contribution is 2.11. The molecule has 0 saturated heterocycles. The molecule has 0 atom stereocenters. The number of hydrogen-bond donors (Lipinski definition) is 1. The van der Waals surface area contributed by atoms with Crippen LogP contribution < -0.4 is 5.32 Å². The summed E-state index contributed by atoms with van der Waals surface area (Å²) in [4.78, 5) is 0. The van der Waals surface area contributed by atoms with Gasteiger partial charge in [-0.05, 0) is 24.9 Å². The van der Waals surface area contributed by atoms with E-state index in [1.807, 2.05) is 78.2 Å². The molecule has 3 aromatic rings. The number of nitrogens with zero attached hydrogens (tertiary/aromatic N) is 2. The van der Waals surface area contributed by atoms with Crippen LogP contribution >= 0.6 is 0 Å². The van der Waals surface area contributed by atoms with Crippen molar-refractivity contribution in [3.05, 3.63) is 84.9 Å². The summed E-state index contributed by atoms with van der Waals surface area (Å²) in [7, 11) is 7.03. The second-order valence-corrected chi connectivity index (χ2v) is 6.52. The summed E-state index contributed by atoms with van der Waals surface area (Å²) < 4.78 is 0. The lowest BCUT2D eigenvalue weighted by Gasteiger charge is -1.92. The maximum atomic E-state index is 3.36. The molecular weight excluding hydrogens is 438 g/mol. The van der Waals surface area contributed by atoms with Gasteiger partial charge in [-0.15, -0.1) is 0 Å². The van der Waals surface area contributed by atoms with Gasteiger partial charge in [-0.25, -0.2) is 0 Å². The maximum Gasteiger partial charge on any atom is 0.0487 e. The van der Waals surface area contributed by atoms with E-state index in [0.29, 0.717) is 0 Å². The smallest absolute Gasteiger partial charge is 0.0487 e. The quantitative estimate of drug-likeness (QED) is 0.305. The molecule has 0 aliphatic carbocycles. The van der Waals surface area contributed by atoms with Crippen LogP contribution in [0.2, 0.25) is 0 Å². The highest BCUT2D eigenvalue weighted by atomic mass is 15.0. The van der Waals surface area contributed by atoms with E-state index in [1.165, 1.54) is 30.0 Å². The first kappa shape index (κ1) is 46.8. The van der Waals surface area contributed by atoms with Crippen LogP contribution in [0.5, 0.6) is 0 Å². The monoisotopic (exact) mass is 502 g/mol. The van der Waals surface area contributed by atoms with Crippen LogP contribution in [0.3, 0.4) is 0 Å². The van der Waals surface area contributed by atoms with Crippen molar-refractivity contribution in [1.82, 2.24) is 5.32 Å². The molecule has 0 saturated carbocycles. The Kier molecular flexibility index (Phi) is 75.9. The average Bonchev–Trinajstić information content (AvgIpc) is 2.94. The van der Waals surface area contributed by atoms with Crippen molar-refractivity contribution in [2.45, 2.75) is 88.5 Å². The normalized spacial score (nSPS) is 7.50. The van der Waals surface area contributed by atoms with Crippen LogP contribution in [0, 0.1) is 0 Å². The molecule has 3 aromatic carbocycles. The molecule has 36 heavy (non-hydrogen) atoms. The molecule has 0 aromatic heterocycles. The first-order valence-corrected chi connectivity index (χ1v) is 13.7. The van der Waals surface area contributed by atoms with E-state index in [0.717, 1.165) is 0 Å².